The van der Waals surface area contributed by atoms with Gasteiger partial charge in [-0.3, -0.25) is 9.59 Å². The monoisotopic (exact) mass is 397 g/mol. The van der Waals surface area contributed by atoms with E-state index in [1.807, 2.05) is 0 Å². The summed E-state index contributed by atoms with van der Waals surface area (Å²) in [6.07, 6.45) is -0.331. The highest BCUT2D eigenvalue weighted by Gasteiger charge is 2.56. The highest BCUT2D eigenvalue weighted by atomic mass is 35.5. The molecule has 0 bridgehead atoms. The molecule has 5 nitrogen and oxygen atoms in total. The van der Waals surface area contributed by atoms with Crippen LogP contribution in [0, 0.1) is 23.2 Å². The van der Waals surface area contributed by atoms with Crippen molar-refractivity contribution in [1.82, 2.24) is 0 Å². The van der Waals surface area contributed by atoms with E-state index in [1.165, 1.54) is 0 Å². The van der Waals surface area contributed by atoms with Gasteiger partial charge in [-0.2, -0.15) is 5.26 Å². The van der Waals surface area contributed by atoms with E-state index >= 15 is 0 Å². The molecule has 0 heterocycles. The summed E-state index contributed by atoms with van der Waals surface area (Å²) in [6.45, 7) is 1.78. The van der Waals surface area contributed by atoms with Crippen LogP contribution in [-0.4, -0.2) is 23.5 Å². The largest absolute Gasteiger partial charge is 0.465 e. The van der Waals surface area contributed by atoms with Crippen molar-refractivity contribution >= 4 is 23.4 Å². The molecule has 2 aromatic carbocycles. The summed E-state index contributed by atoms with van der Waals surface area (Å²) >= 11 is 5.98. The Balaban J connectivity index is 2.16. The van der Waals surface area contributed by atoms with Gasteiger partial charge in [-0.05, 0) is 30.2 Å². The van der Waals surface area contributed by atoms with E-state index in [9.17, 15) is 20.0 Å². The number of halogens is 1. The van der Waals surface area contributed by atoms with Crippen LogP contribution in [0.5, 0.6) is 0 Å². The van der Waals surface area contributed by atoms with Gasteiger partial charge in [-0.25, -0.2) is 0 Å². The van der Waals surface area contributed by atoms with E-state index in [-0.39, 0.29) is 13.0 Å². The number of benzene rings is 2. The summed E-state index contributed by atoms with van der Waals surface area (Å²) in [6, 6.07) is 17.4. The zero-order valence-electron chi connectivity index (χ0n) is 15.3. The molecule has 0 radical (unpaired) electrons. The first-order valence-electron chi connectivity index (χ1n) is 9.04. The third-order valence-electron chi connectivity index (χ3n) is 5.23. The van der Waals surface area contributed by atoms with Crippen LogP contribution in [0.4, 0.5) is 0 Å². The molecule has 0 spiro atoms. The van der Waals surface area contributed by atoms with E-state index in [0.717, 1.165) is 0 Å². The number of hydrogen-bond acceptors (Lipinski definition) is 5. The van der Waals surface area contributed by atoms with E-state index in [1.54, 1.807) is 61.5 Å². The molecule has 1 saturated carbocycles. The van der Waals surface area contributed by atoms with Gasteiger partial charge in [0, 0.05) is 17.4 Å². The van der Waals surface area contributed by atoms with Crippen LogP contribution in [0.2, 0.25) is 5.02 Å². The number of nitrogens with zero attached hydrogens (tertiary/aromatic N) is 1. The molecule has 1 aliphatic rings. The Labute approximate surface area is 168 Å². The molecule has 0 aliphatic heterocycles. The van der Waals surface area contributed by atoms with Gasteiger partial charge in [0.15, 0.2) is 5.78 Å². The average molecular weight is 398 g/mol. The fourth-order valence-corrected chi connectivity index (χ4v) is 4.08. The zero-order valence-corrected chi connectivity index (χ0v) is 16.1. The molecule has 28 heavy (non-hydrogen) atoms. The van der Waals surface area contributed by atoms with Gasteiger partial charge in [-0.15, -0.1) is 0 Å². The van der Waals surface area contributed by atoms with Gasteiger partial charge < -0.3 is 9.84 Å². The molecule has 3 rings (SSSR count). The molecule has 0 aromatic heterocycles. The quantitative estimate of drug-likeness (QED) is 0.629. The lowest BCUT2D eigenvalue weighted by atomic mass is 9.60. The van der Waals surface area contributed by atoms with E-state index in [0.29, 0.717) is 16.1 Å². The maximum absolute atomic E-state index is 13.0. The minimum Gasteiger partial charge on any atom is -0.465 e. The first-order chi connectivity index (χ1) is 13.4. The third kappa shape index (κ3) is 3.54. The number of carbonyl (C=O) groups excluding carboxylic acids is 2. The summed E-state index contributed by atoms with van der Waals surface area (Å²) in [5, 5.41) is 21.9. The minimum atomic E-state index is -1.71. The Hall–Kier alpha value is -2.68. The molecular formula is C22H20ClNO4. The normalized spacial score (nSPS) is 27.1. The summed E-state index contributed by atoms with van der Waals surface area (Å²) in [5.41, 5.74) is -0.659. The fraction of sp³-hybridized carbons (Fsp3) is 0.318. The predicted octanol–water partition coefficient (Wildman–Crippen LogP) is 3.60. The molecule has 4 unspecified atom stereocenters. The lowest BCUT2D eigenvalue weighted by Gasteiger charge is -2.44. The van der Waals surface area contributed by atoms with Crippen molar-refractivity contribution in [3.8, 4) is 6.07 Å². The van der Waals surface area contributed by atoms with Crippen LogP contribution in [0.3, 0.4) is 0 Å². The van der Waals surface area contributed by atoms with Crippen LogP contribution in [0.15, 0.2) is 54.6 Å². The van der Waals surface area contributed by atoms with E-state index in [2.05, 4.69) is 6.07 Å². The number of rotatable bonds is 4. The standard InChI is InChI=1S/C22H20ClNO4/c1-2-28-21(26)20-18(25)12-22(27,15-6-4-3-5-7-15)17(13-24)19(20)14-8-10-16(23)11-9-14/h3-11,17,19-20,27H,2,12H2,1H3. The molecule has 4 atom stereocenters. The number of Topliss-reactive ketones (excluding diaryl/α,β-unsaturated/α-hetero) is 1. The Morgan fingerprint density at radius 1 is 1.25 bits per heavy atom. The summed E-state index contributed by atoms with van der Waals surface area (Å²) in [5.74, 6) is -4.16. The average Bonchev–Trinajstić information content (AvgIpc) is 2.69. The lowest BCUT2D eigenvalue weighted by Crippen LogP contribution is -2.51. The highest BCUT2D eigenvalue weighted by Crippen LogP contribution is 2.50. The molecule has 1 aliphatic carbocycles. The molecule has 1 fully saturated rings. The van der Waals surface area contributed by atoms with Crippen LogP contribution < -0.4 is 0 Å². The second-order valence-electron chi connectivity index (χ2n) is 6.85. The third-order valence-corrected chi connectivity index (χ3v) is 5.48. The van der Waals surface area contributed by atoms with Crippen LogP contribution in [0.25, 0.3) is 0 Å². The smallest absolute Gasteiger partial charge is 0.317 e. The molecule has 0 saturated heterocycles. The number of nitriles is 1. The first kappa shape index (κ1) is 20.1. The highest BCUT2D eigenvalue weighted by molar-refractivity contribution is 6.30. The molecular weight excluding hydrogens is 378 g/mol. The van der Waals surface area contributed by atoms with Gasteiger partial charge in [-0.1, -0.05) is 54.1 Å². The molecule has 144 valence electrons. The Bertz CT molecular complexity index is 906. The number of ketones is 1. The number of ether oxygens (including phenoxy) is 1. The topological polar surface area (TPSA) is 87.4 Å². The van der Waals surface area contributed by atoms with Crippen molar-refractivity contribution in [3.63, 3.8) is 0 Å². The maximum atomic E-state index is 13.0. The maximum Gasteiger partial charge on any atom is 0.317 e. The molecule has 1 N–H and O–H groups in total. The molecule has 6 heteroatoms. The SMILES string of the molecule is CCOC(=O)C1C(=O)CC(O)(c2ccccc2)C(C#N)C1c1ccc(Cl)cc1. The van der Waals surface area contributed by atoms with E-state index in [4.69, 9.17) is 16.3 Å². The van der Waals surface area contributed by atoms with Crippen molar-refractivity contribution < 1.29 is 19.4 Å². The van der Waals surface area contributed by atoms with Gasteiger partial charge in [0.2, 0.25) is 0 Å². The Morgan fingerprint density at radius 2 is 1.89 bits per heavy atom. The summed E-state index contributed by atoms with van der Waals surface area (Å²) in [4.78, 5) is 25.6. The van der Waals surface area contributed by atoms with Crippen molar-refractivity contribution in [3.05, 3.63) is 70.7 Å². The van der Waals surface area contributed by atoms with Crippen molar-refractivity contribution in [2.24, 2.45) is 11.8 Å². The van der Waals surface area contributed by atoms with Crippen molar-refractivity contribution in [1.29, 1.82) is 5.26 Å². The van der Waals surface area contributed by atoms with Gasteiger partial charge in [0.05, 0.1) is 18.6 Å². The van der Waals surface area contributed by atoms with Crippen LogP contribution >= 0.6 is 11.6 Å². The van der Waals surface area contributed by atoms with Crippen molar-refractivity contribution in [2.45, 2.75) is 24.9 Å². The van der Waals surface area contributed by atoms with Crippen LogP contribution in [0.1, 0.15) is 30.4 Å². The summed E-state index contributed by atoms with van der Waals surface area (Å²) < 4.78 is 5.12. The second-order valence-corrected chi connectivity index (χ2v) is 7.28. The first-order valence-corrected chi connectivity index (χ1v) is 9.42. The number of carbonyl (C=O) groups is 2. The Kier molecular flexibility index (Phi) is 5.83. The minimum absolute atomic E-state index is 0.121. The predicted molar refractivity (Wildman–Crippen MR) is 103 cm³/mol. The number of aliphatic hydroxyl groups is 1. The van der Waals surface area contributed by atoms with Crippen LogP contribution in [-0.2, 0) is 19.9 Å². The number of hydrogen-bond donors (Lipinski definition) is 1. The fourth-order valence-electron chi connectivity index (χ4n) is 3.95. The lowest BCUT2D eigenvalue weighted by molar-refractivity contribution is -0.161. The van der Waals surface area contributed by atoms with Gasteiger partial charge in [0.1, 0.15) is 11.5 Å². The number of esters is 1. The summed E-state index contributed by atoms with van der Waals surface area (Å²) in [7, 11) is 0. The molecule has 0 amide bonds. The van der Waals surface area contributed by atoms with Gasteiger partial charge >= 0.3 is 5.97 Å². The molecule has 2 aromatic rings. The van der Waals surface area contributed by atoms with Gasteiger partial charge in [0.25, 0.3) is 0 Å². The second kappa shape index (κ2) is 8.14. The van der Waals surface area contributed by atoms with Crippen molar-refractivity contribution in [2.75, 3.05) is 6.61 Å². The zero-order chi connectivity index (χ0) is 20.3. The van der Waals surface area contributed by atoms with E-state index < -0.39 is 35.1 Å². The Morgan fingerprint density at radius 3 is 2.46 bits per heavy atom.